The number of likely N-dealkylation sites (tertiary alicyclic amines) is 1. The van der Waals surface area contributed by atoms with Gasteiger partial charge in [0, 0.05) is 32.2 Å². The largest absolute Gasteiger partial charge is 0.352 e. The zero-order valence-electron chi connectivity index (χ0n) is 16.3. The van der Waals surface area contributed by atoms with Crippen LogP contribution in [-0.2, 0) is 4.79 Å². The standard InChI is InChI=1S/C20H26N4O4/c1-3-22(4-2)20(28)23-11-9-14(10-12-23)21-17(25)13-24-18(26)15-7-5-6-8-16(15)19(24)27/h5-8,14H,3-4,9-13H2,1-2H3,(H,21,25). The number of fused-ring (bicyclic) bond motifs is 1. The maximum absolute atomic E-state index is 12.4. The van der Waals surface area contributed by atoms with Crippen molar-refractivity contribution in [3.8, 4) is 0 Å². The summed E-state index contributed by atoms with van der Waals surface area (Å²) in [7, 11) is 0. The van der Waals surface area contributed by atoms with Crippen molar-refractivity contribution in [1.82, 2.24) is 20.0 Å². The molecule has 2 aliphatic rings. The van der Waals surface area contributed by atoms with Gasteiger partial charge in [0.1, 0.15) is 6.54 Å². The molecular weight excluding hydrogens is 360 g/mol. The lowest BCUT2D eigenvalue weighted by Gasteiger charge is -2.35. The summed E-state index contributed by atoms with van der Waals surface area (Å²) >= 11 is 0. The molecule has 0 aromatic heterocycles. The molecule has 0 spiro atoms. The molecule has 0 atom stereocenters. The highest BCUT2D eigenvalue weighted by atomic mass is 16.2. The first kappa shape index (κ1) is 19.9. The second-order valence-electron chi connectivity index (χ2n) is 7.03. The number of carbonyl (C=O) groups excluding carboxylic acids is 4. The van der Waals surface area contributed by atoms with Gasteiger partial charge in [-0.15, -0.1) is 0 Å². The molecular formula is C20H26N4O4. The first-order chi connectivity index (χ1) is 13.5. The van der Waals surface area contributed by atoms with E-state index in [2.05, 4.69) is 5.32 Å². The number of amides is 5. The quantitative estimate of drug-likeness (QED) is 0.773. The Labute approximate surface area is 164 Å². The van der Waals surface area contributed by atoms with E-state index in [0.29, 0.717) is 50.1 Å². The predicted molar refractivity (Wildman–Crippen MR) is 103 cm³/mol. The summed E-state index contributed by atoms with van der Waals surface area (Å²) in [6, 6.07) is 6.54. The topological polar surface area (TPSA) is 90.0 Å². The monoisotopic (exact) mass is 386 g/mol. The molecule has 0 radical (unpaired) electrons. The summed E-state index contributed by atoms with van der Waals surface area (Å²) in [5.41, 5.74) is 0.673. The Morgan fingerprint density at radius 3 is 2.07 bits per heavy atom. The Balaban J connectivity index is 1.50. The van der Waals surface area contributed by atoms with E-state index in [4.69, 9.17) is 0 Å². The Kier molecular flexibility index (Phi) is 5.96. The summed E-state index contributed by atoms with van der Waals surface area (Å²) in [6.07, 6.45) is 1.31. The lowest BCUT2D eigenvalue weighted by molar-refractivity contribution is -0.122. The van der Waals surface area contributed by atoms with Gasteiger partial charge in [0.05, 0.1) is 11.1 Å². The molecule has 3 rings (SSSR count). The number of carbonyl (C=O) groups is 4. The molecule has 2 aliphatic heterocycles. The highest BCUT2D eigenvalue weighted by molar-refractivity contribution is 6.22. The first-order valence-corrected chi connectivity index (χ1v) is 9.74. The van der Waals surface area contributed by atoms with Crippen LogP contribution in [0.1, 0.15) is 47.4 Å². The second-order valence-corrected chi connectivity index (χ2v) is 7.03. The van der Waals surface area contributed by atoms with E-state index in [0.717, 1.165) is 4.90 Å². The number of nitrogens with one attached hydrogen (secondary N) is 1. The molecule has 0 saturated carbocycles. The molecule has 1 saturated heterocycles. The normalized spacial score (nSPS) is 16.9. The lowest BCUT2D eigenvalue weighted by atomic mass is 10.1. The van der Waals surface area contributed by atoms with Gasteiger partial charge in [-0.1, -0.05) is 12.1 Å². The van der Waals surface area contributed by atoms with Crippen LogP contribution in [0.4, 0.5) is 4.79 Å². The van der Waals surface area contributed by atoms with Gasteiger partial charge in [-0.25, -0.2) is 4.79 Å². The van der Waals surface area contributed by atoms with Gasteiger partial charge >= 0.3 is 6.03 Å². The van der Waals surface area contributed by atoms with Crippen LogP contribution in [0.5, 0.6) is 0 Å². The van der Waals surface area contributed by atoms with Crippen molar-refractivity contribution in [2.75, 3.05) is 32.7 Å². The fraction of sp³-hybridized carbons (Fsp3) is 0.500. The summed E-state index contributed by atoms with van der Waals surface area (Å²) < 4.78 is 0. The summed E-state index contributed by atoms with van der Waals surface area (Å²) in [5, 5.41) is 2.89. The van der Waals surface area contributed by atoms with Gasteiger partial charge in [-0.05, 0) is 38.8 Å². The van der Waals surface area contributed by atoms with Gasteiger partial charge in [-0.3, -0.25) is 19.3 Å². The van der Waals surface area contributed by atoms with E-state index in [1.807, 2.05) is 13.8 Å². The Bertz CT molecular complexity index is 747. The molecule has 150 valence electrons. The lowest BCUT2D eigenvalue weighted by Crippen LogP contribution is -2.51. The Hall–Kier alpha value is -2.90. The van der Waals surface area contributed by atoms with E-state index in [-0.39, 0.29) is 24.5 Å². The van der Waals surface area contributed by atoms with Gasteiger partial charge in [0.25, 0.3) is 11.8 Å². The molecule has 2 heterocycles. The molecule has 1 aromatic carbocycles. The highest BCUT2D eigenvalue weighted by Gasteiger charge is 2.36. The zero-order chi connectivity index (χ0) is 20.3. The Morgan fingerprint density at radius 1 is 1.04 bits per heavy atom. The van der Waals surface area contributed by atoms with E-state index >= 15 is 0 Å². The molecule has 8 nitrogen and oxygen atoms in total. The summed E-state index contributed by atoms with van der Waals surface area (Å²) in [6.45, 7) is 6.12. The summed E-state index contributed by atoms with van der Waals surface area (Å²) in [5.74, 6) is -1.23. The molecule has 1 N–H and O–H groups in total. The van der Waals surface area contributed by atoms with Gasteiger partial charge < -0.3 is 15.1 Å². The molecule has 0 unspecified atom stereocenters. The third kappa shape index (κ3) is 3.85. The Morgan fingerprint density at radius 2 is 1.57 bits per heavy atom. The van der Waals surface area contributed by atoms with Crippen LogP contribution in [0.15, 0.2) is 24.3 Å². The van der Waals surface area contributed by atoms with Crippen molar-refractivity contribution in [2.45, 2.75) is 32.7 Å². The third-order valence-electron chi connectivity index (χ3n) is 5.34. The SMILES string of the molecule is CCN(CC)C(=O)N1CCC(NC(=O)CN2C(=O)c3ccccc3C2=O)CC1. The maximum atomic E-state index is 12.4. The number of imide groups is 1. The van der Waals surface area contributed by atoms with Crippen molar-refractivity contribution in [1.29, 1.82) is 0 Å². The third-order valence-corrected chi connectivity index (χ3v) is 5.34. The second kappa shape index (κ2) is 8.41. The number of hydrogen-bond acceptors (Lipinski definition) is 4. The summed E-state index contributed by atoms with van der Waals surface area (Å²) in [4.78, 5) is 54.0. The minimum atomic E-state index is -0.435. The highest BCUT2D eigenvalue weighted by Crippen LogP contribution is 2.22. The van der Waals surface area contributed by atoms with Crippen LogP contribution in [0.3, 0.4) is 0 Å². The smallest absolute Gasteiger partial charge is 0.319 e. The first-order valence-electron chi connectivity index (χ1n) is 9.74. The van der Waals surface area contributed by atoms with Crippen LogP contribution in [-0.4, -0.2) is 77.2 Å². The molecule has 5 amide bonds. The van der Waals surface area contributed by atoms with Crippen LogP contribution in [0, 0.1) is 0 Å². The van der Waals surface area contributed by atoms with Gasteiger partial charge in [0.15, 0.2) is 0 Å². The van der Waals surface area contributed by atoms with Crippen molar-refractivity contribution < 1.29 is 19.2 Å². The van der Waals surface area contributed by atoms with Gasteiger partial charge in [0.2, 0.25) is 5.91 Å². The minimum absolute atomic E-state index is 0.0285. The van der Waals surface area contributed by atoms with Crippen molar-refractivity contribution in [3.05, 3.63) is 35.4 Å². The number of rotatable bonds is 5. The molecule has 1 aromatic rings. The number of hydrogen-bond donors (Lipinski definition) is 1. The fourth-order valence-electron chi connectivity index (χ4n) is 3.71. The van der Waals surface area contributed by atoms with Gasteiger partial charge in [-0.2, -0.15) is 0 Å². The van der Waals surface area contributed by atoms with Crippen molar-refractivity contribution in [3.63, 3.8) is 0 Å². The van der Waals surface area contributed by atoms with Crippen LogP contribution < -0.4 is 5.32 Å². The molecule has 28 heavy (non-hydrogen) atoms. The van der Waals surface area contributed by atoms with Crippen LogP contribution in [0.2, 0.25) is 0 Å². The minimum Gasteiger partial charge on any atom is -0.352 e. The number of benzene rings is 1. The van der Waals surface area contributed by atoms with E-state index in [9.17, 15) is 19.2 Å². The van der Waals surface area contributed by atoms with Crippen molar-refractivity contribution in [2.24, 2.45) is 0 Å². The zero-order valence-corrected chi connectivity index (χ0v) is 16.3. The molecule has 0 bridgehead atoms. The van der Waals surface area contributed by atoms with E-state index < -0.39 is 11.8 Å². The number of piperidine rings is 1. The fourth-order valence-corrected chi connectivity index (χ4v) is 3.71. The maximum Gasteiger partial charge on any atom is 0.319 e. The van der Waals surface area contributed by atoms with Crippen molar-refractivity contribution >= 4 is 23.8 Å². The molecule has 8 heteroatoms. The molecule has 0 aliphatic carbocycles. The average molecular weight is 386 g/mol. The predicted octanol–water partition coefficient (Wildman–Crippen LogP) is 1.33. The van der Waals surface area contributed by atoms with E-state index in [1.165, 1.54) is 0 Å². The number of nitrogens with zero attached hydrogens (tertiary/aromatic N) is 3. The van der Waals surface area contributed by atoms with Crippen LogP contribution in [0.25, 0.3) is 0 Å². The van der Waals surface area contributed by atoms with Crippen LogP contribution >= 0.6 is 0 Å². The van der Waals surface area contributed by atoms with E-state index in [1.54, 1.807) is 34.1 Å². The number of urea groups is 1. The average Bonchev–Trinajstić information content (AvgIpc) is 2.94. The molecule has 1 fully saturated rings.